The number of fused-ring (bicyclic) bond motifs is 2. The maximum Gasteiger partial charge on any atom is 0.224 e. The fraction of sp³-hybridized carbons (Fsp3) is 0.917. The van der Waals surface area contributed by atoms with E-state index in [0.29, 0.717) is 18.6 Å². The van der Waals surface area contributed by atoms with Crippen molar-refractivity contribution >= 4 is 5.91 Å². The zero-order chi connectivity index (χ0) is 11.2. The molecule has 3 aliphatic rings. The first-order chi connectivity index (χ1) is 7.66. The molecule has 4 heteroatoms. The van der Waals surface area contributed by atoms with Crippen LogP contribution in [0.25, 0.3) is 0 Å². The average molecular weight is 224 g/mol. The summed E-state index contributed by atoms with van der Waals surface area (Å²) < 4.78 is 0. The standard InChI is InChI=1S/C12H20N2O2/c15-11(13-7-12(16)4-1-5-12)9-6-8-2-3-10(9)14-8/h8-10,14,16H,1-7H2,(H,13,15). The quantitative estimate of drug-likeness (QED) is 0.640. The van der Waals surface area contributed by atoms with Gasteiger partial charge in [-0.3, -0.25) is 4.79 Å². The number of hydrogen-bond donors (Lipinski definition) is 3. The zero-order valence-electron chi connectivity index (χ0n) is 9.54. The molecule has 1 aliphatic carbocycles. The van der Waals surface area contributed by atoms with Crippen molar-refractivity contribution in [2.24, 2.45) is 5.92 Å². The highest BCUT2D eigenvalue weighted by Crippen LogP contribution is 2.34. The fourth-order valence-corrected chi connectivity index (χ4v) is 3.26. The van der Waals surface area contributed by atoms with Gasteiger partial charge in [0.1, 0.15) is 0 Å². The van der Waals surface area contributed by atoms with Gasteiger partial charge in [-0.05, 0) is 38.5 Å². The van der Waals surface area contributed by atoms with Crippen LogP contribution >= 0.6 is 0 Å². The van der Waals surface area contributed by atoms with Crippen molar-refractivity contribution in [1.29, 1.82) is 0 Å². The van der Waals surface area contributed by atoms with E-state index in [0.717, 1.165) is 32.1 Å². The van der Waals surface area contributed by atoms with E-state index >= 15 is 0 Å². The Labute approximate surface area is 95.8 Å². The molecule has 1 saturated carbocycles. The predicted molar refractivity (Wildman–Crippen MR) is 59.9 cm³/mol. The molecule has 3 N–H and O–H groups in total. The lowest BCUT2D eigenvalue weighted by Gasteiger charge is -2.37. The molecule has 0 aromatic heterocycles. The van der Waals surface area contributed by atoms with Crippen molar-refractivity contribution in [3.63, 3.8) is 0 Å². The van der Waals surface area contributed by atoms with Gasteiger partial charge in [0.05, 0.1) is 11.5 Å². The molecule has 3 atom stereocenters. The van der Waals surface area contributed by atoms with Crippen molar-refractivity contribution in [3.8, 4) is 0 Å². The van der Waals surface area contributed by atoms with Gasteiger partial charge in [0.15, 0.2) is 0 Å². The van der Waals surface area contributed by atoms with Crippen LogP contribution in [0, 0.1) is 5.92 Å². The summed E-state index contributed by atoms with van der Waals surface area (Å²) in [6.07, 6.45) is 6.09. The Balaban J connectivity index is 1.50. The molecule has 2 heterocycles. The van der Waals surface area contributed by atoms with E-state index in [1.165, 1.54) is 6.42 Å². The molecule has 0 aromatic rings. The largest absolute Gasteiger partial charge is 0.388 e. The van der Waals surface area contributed by atoms with Gasteiger partial charge in [-0.2, -0.15) is 0 Å². The number of carbonyl (C=O) groups excluding carboxylic acids is 1. The summed E-state index contributed by atoms with van der Waals surface area (Å²) in [4.78, 5) is 12.0. The number of nitrogens with one attached hydrogen (secondary N) is 2. The lowest BCUT2D eigenvalue weighted by Crippen LogP contribution is -2.50. The molecule has 0 aromatic carbocycles. The lowest BCUT2D eigenvalue weighted by molar-refractivity contribution is -0.128. The highest BCUT2D eigenvalue weighted by atomic mass is 16.3. The SMILES string of the molecule is O=C(NCC1(O)CCC1)C1CC2CCC1N2. The Morgan fingerprint density at radius 1 is 1.44 bits per heavy atom. The van der Waals surface area contributed by atoms with E-state index in [1.807, 2.05) is 0 Å². The van der Waals surface area contributed by atoms with Gasteiger partial charge >= 0.3 is 0 Å². The summed E-state index contributed by atoms with van der Waals surface area (Å²) in [5.41, 5.74) is -0.597. The molecule has 16 heavy (non-hydrogen) atoms. The molecule has 3 unspecified atom stereocenters. The molecule has 3 rings (SSSR count). The Bertz CT molecular complexity index is 301. The number of hydrogen-bond acceptors (Lipinski definition) is 3. The van der Waals surface area contributed by atoms with Gasteiger partial charge in [-0.1, -0.05) is 0 Å². The van der Waals surface area contributed by atoms with Crippen molar-refractivity contribution in [2.75, 3.05) is 6.54 Å². The van der Waals surface area contributed by atoms with Gasteiger partial charge in [0.25, 0.3) is 0 Å². The third kappa shape index (κ3) is 1.74. The highest BCUT2D eigenvalue weighted by molar-refractivity contribution is 5.80. The van der Waals surface area contributed by atoms with Gasteiger partial charge in [0.2, 0.25) is 5.91 Å². The Hall–Kier alpha value is -0.610. The van der Waals surface area contributed by atoms with Crippen molar-refractivity contribution in [1.82, 2.24) is 10.6 Å². The van der Waals surface area contributed by atoms with Crippen LogP contribution in [0.15, 0.2) is 0 Å². The van der Waals surface area contributed by atoms with Crippen LogP contribution in [0.2, 0.25) is 0 Å². The maximum atomic E-state index is 12.0. The first-order valence-corrected chi connectivity index (χ1v) is 6.42. The van der Waals surface area contributed by atoms with Gasteiger partial charge < -0.3 is 15.7 Å². The minimum Gasteiger partial charge on any atom is -0.388 e. The van der Waals surface area contributed by atoms with Gasteiger partial charge in [0, 0.05) is 18.6 Å². The predicted octanol–water partition coefficient (Wildman–Crippen LogP) is 0.158. The molecule has 90 valence electrons. The fourth-order valence-electron chi connectivity index (χ4n) is 3.26. The number of rotatable bonds is 3. The smallest absolute Gasteiger partial charge is 0.224 e. The second-order valence-electron chi connectivity index (χ2n) is 5.69. The Kier molecular flexibility index (Phi) is 2.44. The maximum absolute atomic E-state index is 12.0. The van der Waals surface area contributed by atoms with Crippen LogP contribution in [-0.4, -0.2) is 35.2 Å². The Morgan fingerprint density at radius 3 is 2.75 bits per heavy atom. The van der Waals surface area contributed by atoms with E-state index in [2.05, 4.69) is 10.6 Å². The van der Waals surface area contributed by atoms with Crippen molar-refractivity contribution in [2.45, 2.75) is 56.2 Å². The van der Waals surface area contributed by atoms with Crippen molar-refractivity contribution < 1.29 is 9.90 Å². The molecule has 4 nitrogen and oxygen atoms in total. The molecular formula is C12H20N2O2. The minimum atomic E-state index is -0.597. The van der Waals surface area contributed by atoms with Gasteiger partial charge in [-0.15, -0.1) is 0 Å². The summed E-state index contributed by atoms with van der Waals surface area (Å²) in [6, 6.07) is 0.952. The highest BCUT2D eigenvalue weighted by Gasteiger charge is 2.43. The lowest BCUT2D eigenvalue weighted by atomic mass is 9.80. The summed E-state index contributed by atoms with van der Waals surface area (Å²) in [7, 11) is 0. The monoisotopic (exact) mass is 224 g/mol. The summed E-state index contributed by atoms with van der Waals surface area (Å²) in [6.45, 7) is 0.444. The first-order valence-electron chi connectivity index (χ1n) is 6.42. The zero-order valence-corrected chi connectivity index (χ0v) is 9.54. The van der Waals surface area contributed by atoms with E-state index < -0.39 is 5.60 Å². The molecule has 0 spiro atoms. The van der Waals surface area contributed by atoms with Crippen LogP contribution in [0.4, 0.5) is 0 Å². The number of amides is 1. The number of aliphatic hydroxyl groups is 1. The third-order valence-corrected chi connectivity index (χ3v) is 4.51. The van der Waals surface area contributed by atoms with Crippen LogP contribution < -0.4 is 10.6 Å². The second kappa shape index (κ2) is 3.70. The molecule has 2 bridgehead atoms. The van der Waals surface area contributed by atoms with Crippen molar-refractivity contribution in [3.05, 3.63) is 0 Å². The topological polar surface area (TPSA) is 61.4 Å². The van der Waals surface area contributed by atoms with E-state index in [-0.39, 0.29) is 11.8 Å². The van der Waals surface area contributed by atoms with Crippen LogP contribution in [0.3, 0.4) is 0 Å². The summed E-state index contributed by atoms with van der Waals surface area (Å²) >= 11 is 0. The minimum absolute atomic E-state index is 0.139. The average Bonchev–Trinajstić information content (AvgIpc) is 2.84. The number of carbonyl (C=O) groups is 1. The van der Waals surface area contributed by atoms with Crippen LogP contribution in [-0.2, 0) is 4.79 Å². The molecule has 3 fully saturated rings. The first kappa shape index (κ1) is 10.5. The summed E-state index contributed by atoms with van der Waals surface area (Å²) in [5, 5.41) is 16.3. The molecular weight excluding hydrogens is 204 g/mol. The van der Waals surface area contributed by atoms with Crippen LogP contribution in [0.1, 0.15) is 38.5 Å². The van der Waals surface area contributed by atoms with Crippen LogP contribution in [0.5, 0.6) is 0 Å². The normalized spacial score (nSPS) is 39.4. The third-order valence-electron chi connectivity index (χ3n) is 4.51. The second-order valence-corrected chi connectivity index (χ2v) is 5.69. The molecule has 2 saturated heterocycles. The molecule has 2 aliphatic heterocycles. The molecule has 0 radical (unpaired) electrons. The summed E-state index contributed by atoms with van der Waals surface area (Å²) in [5.74, 6) is 0.280. The molecule has 1 amide bonds. The van der Waals surface area contributed by atoms with E-state index in [9.17, 15) is 9.90 Å². The van der Waals surface area contributed by atoms with Gasteiger partial charge in [-0.25, -0.2) is 0 Å². The Morgan fingerprint density at radius 2 is 2.25 bits per heavy atom. The van der Waals surface area contributed by atoms with E-state index in [4.69, 9.17) is 0 Å². The van der Waals surface area contributed by atoms with E-state index in [1.54, 1.807) is 0 Å².